The Hall–Kier alpha value is -1.59. The number of nitrogens with one attached hydrogen (secondary N) is 1. The number of anilines is 1. The summed E-state index contributed by atoms with van der Waals surface area (Å²) < 4.78 is 0. The first-order chi connectivity index (χ1) is 7.67. The van der Waals surface area contributed by atoms with E-state index in [4.69, 9.17) is 5.11 Å². The van der Waals surface area contributed by atoms with Crippen LogP contribution in [-0.4, -0.2) is 28.9 Å². The van der Waals surface area contributed by atoms with Crippen LogP contribution in [0.5, 0.6) is 0 Å². The highest BCUT2D eigenvalue weighted by Gasteiger charge is 2.01. The Labute approximate surface area is 98.3 Å². The second-order valence-corrected chi connectivity index (χ2v) is 3.82. The summed E-state index contributed by atoms with van der Waals surface area (Å²) in [5, 5.41) is 23.4. The van der Waals surface area contributed by atoms with Crippen molar-refractivity contribution >= 4 is 22.0 Å². The summed E-state index contributed by atoms with van der Waals surface area (Å²) >= 11 is 1.49. The van der Waals surface area contributed by atoms with Crippen molar-refractivity contribution in [1.82, 2.24) is 4.98 Å². The van der Waals surface area contributed by atoms with E-state index in [1.807, 2.05) is 5.38 Å². The molecule has 0 unspecified atom stereocenters. The second kappa shape index (κ2) is 6.09. The molecule has 1 heterocycles. The fraction of sp³-hybridized carbons (Fsp3) is 0.182. The molecular weight excluding hydrogens is 224 g/mol. The highest BCUT2D eigenvalue weighted by molar-refractivity contribution is 7.13. The first-order valence-corrected chi connectivity index (χ1v) is 5.56. The van der Waals surface area contributed by atoms with Crippen LogP contribution in [0.4, 0.5) is 5.13 Å². The Bertz CT molecular complexity index is 421. The molecule has 0 atom stereocenters. The quantitative estimate of drug-likeness (QED) is 0.543. The number of aliphatic hydroxyl groups is 2. The average Bonchev–Trinajstić information content (AvgIpc) is 2.75. The molecule has 0 radical (unpaired) electrons. The summed E-state index contributed by atoms with van der Waals surface area (Å²) in [4.78, 5) is 4.26. The molecule has 86 valence electrons. The van der Waals surface area contributed by atoms with Gasteiger partial charge in [0, 0.05) is 12.4 Å². The molecule has 5 heteroatoms. The van der Waals surface area contributed by atoms with Gasteiger partial charge >= 0.3 is 0 Å². The van der Waals surface area contributed by atoms with Crippen LogP contribution >= 0.6 is 11.3 Å². The van der Waals surface area contributed by atoms with Crippen molar-refractivity contribution in [1.29, 1.82) is 0 Å². The van der Waals surface area contributed by atoms with Crippen LogP contribution in [0.2, 0.25) is 0 Å². The van der Waals surface area contributed by atoms with Crippen molar-refractivity contribution in [3.8, 4) is 0 Å². The lowest BCUT2D eigenvalue weighted by Crippen LogP contribution is -1.87. The zero-order valence-corrected chi connectivity index (χ0v) is 9.79. The molecule has 3 N–H and O–H groups in total. The number of thiazole rings is 1. The Morgan fingerprint density at radius 3 is 2.94 bits per heavy atom. The minimum absolute atomic E-state index is 0.00715. The van der Waals surface area contributed by atoms with Crippen molar-refractivity contribution in [3.63, 3.8) is 0 Å². The summed E-state index contributed by atoms with van der Waals surface area (Å²) in [6.45, 7) is 3.64. The Morgan fingerprint density at radius 1 is 1.62 bits per heavy atom. The molecule has 0 spiro atoms. The van der Waals surface area contributed by atoms with Gasteiger partial charge in [0.15, 0.2) is 5.13 Å². The largest absolute Gasteiger partial charge is 0.508 e. The SMILES string of the molecule is C=C(/C=C\C(O)=C/CO)c1csc(NC)n1. The topological polar surface area (TPSA) is 65.4 Å². The zero-order chi connectivity index (χ0) is 12.0. The van der Waals surface area contributed by atoms with E-state index in [2.05, 4.69) is 16.9 Å². The molecule has 4 nitrogen and oxygen atoms in total. The van der Waals surface area contributed by atoms with E-state index >= 15 is 0 Å². The van der Waals surface area contributed by atoms with Gasteiger partial charge < -0.3 is 15.5 Å². The Morgan fingerprint density at radius 2 is 2.38 bits per heavy atom. The molecule has 16 heavy (non-hydrogen) atoms. The first-order valence-electron chi connectivity index (χ1n) is 4.68. The van der Waals surface area contributed by atoms with Crippen molar-refractivity contribution in [2.24, 2.45) is 0 Å². The van der Waals surface area contributed by atoms with Gasteiger partial charge in [0.05, 0.1) is 12.3 Å². The van der Waals surface area contributed by atoms with Gasteiger partial charge in [0.1, 0.15) is 5.76 Å². The van der Waals surface area contributed by atoms with E-state index in [1.54, 1.807) is 13.1 Å². The number of nitrogens with zero attached hydrogens (tertiary/aromatic N) is 1. The molecule has 1 aromatic heterocycles. The van der Waals surface area contributed by atoms with Gasteiger partial charge in [-0.05, 0) is 23.8 Å². The van der Waals surface area contributed by atoms with Gasteiger partial charge in [0.25, 0.3) is 0 Å². The maximum absolute atomic E-state index is 9.24. The monoisotopic (exact) mass is 238 g/mol. The fourth-order valence-electron chi connectivity index (χ4n) is 0.969. The minimum Gasteiger partial charge on any atom is -0.508 e. The van der Waals surface area contributed by atoms with Gasteiger partial charge in [-0.2, -0.15) is 0 Å². The lowest BCUT2D eigenvalue weighted by Gasteiger charge is -1.94. The average molecular weight is 238 g/mol. The van der Waals surface area contributed by atoms with E-state index in [0.717, 1.165) is 10.8 Å². The van der Waals surface area contributed by atoms with Crippen LogP contribution in [0.25, 0.3) is 5.57 Å². The number of allylic oxidation sites excluding steroid dienone is 3. The van der Waals surface area contributed by atoms with Gasteiger partial charge in [-0.25, -0.2) is 4.98 Å². The Balaban J connectivity index is 2.68. The van der Waals surface area contributed by atoms with Crippen LogP contribution in [0.15, 0.2) is 35.9 Å². The smallest absolute Gasteiger partial charge is 0.182 e. The van der Waals surface area contributed by atoms with Gasteiger partial charge in [0.2, 0.25) is 0 Å². The van der Waals surface area contributed by atoms with Gasteiger partial charge in [-0.1, -0.05) is 6.58 Å². The normalized spacial score (nSPS) is 12.0. The molecule has 0 saturated heterocycles. The molecule has 0 fully saturated rings. The molecule has 1 rings (SSSR count). The third kappa shape index (κ3) is 3.52. The minimum atomic E-state index is -0.191. The molecule has 0 aliphatic heterocycles. The molecule has 0 amide bonds. The van der Waals surface area contributed by atoms with Crippen LogP contribution in [0.3, 0.4) is 0 Å². The summed E-state index contributed by atoms with van der Waals surface area (Å²) in [6, 6.07) is 0. The highest BCUT2D eigenvalue weighted by Crippen LogP contribution is 2.20. The van der Waals surface area contributed by atoms with Crippen LogP contribution in [-0.2, 0) is 0 Å². The molecule has 0 bridgehead atoms. The molecule has 0 aromatic carbocycles. The standard InChI is InChI=1S/C11H14N2O2S/c1-8(3-4-9(15)5-6-14)10-7-16-11(12-2)13-10/h3-5,7,14-15H,1,6H2,2H3,(H,12,13)/b4-3-,9-5+. The molecule has 0 aliphatic carbocycles. The zero-order valence-electron chi connectivity index (χ0n) is 8.97. The van der Waals surface area contributed by atoms with Crippen LogP contribution < -0.4 is 5.32 Å². The fourth-order valence-corrected chi connectivity index (χ4v) is 1.67. The van der Waals surface area contributed by atoms with Crippen molar-refractivity contribution < 1.29 is 10.2 Å². The number of rotatable bonds is 5. The first kappa shape index (κ1) is 12.5. The third-order valence-corrected chi connectivity index (χ3v) is 2.66. The van der Waals surface area contributed by atoms with Crippen LogP contribution in [0.1, 0.15) is 5.69 Å². The van der Waals surface area contributed by atoms with E-state index in [-0.39, 0.29) is 12.4 Å². The van der Waals surface area contributed by atoms with E-state index in [1.165, 1.54) is 23.5 Å². The molecular formula is C11H14N2O2S. The molecule has 1 aromatic rings. The maximum Gasteiger partial charge on any atom is 0.182 e. The maximum atomic E-state index is 9.24. The van der Waals surface area contributed by atoms with Gasteiger partial charge in [-0.15, -0.1) is 11.3 Å². The molecule has 0 aliphatic rings. The summed E-state index contributed by atoms with van der Waals surface area (Å²) in [7, 11) is 1.80. The lowest BCUT2D eigenvalue weighted by molar-refractivity contribution is 0.332. The number of hydrogen-bond acceptors (Lipinski definition) is 5. The van der Waals surface area contributed by atoms with Crippen molar-refractivity contribution in [2.75, 3.05) is 19.0 Å². The predicted octanol–water partition coefficient (Wildman–Crippen LogP) is 2.19. The van der Waals surface area contributed by atoms with E-state index in [9.17, 15) is 5.11 Å². The van der Waals surface area contributed by atoms with E-state index in [0.29, 0.717) is 5.57 Å². The van der Waals surface area contributed by atoms with Crippen molar-refractivity contribution in [3.05, 3.63) is 41.6 Å². The summed E-state index contributed by atoms with van der Waals surface area (Å²) in [5.74, 6) is 0.00715. The van der Waals surface area contributed by atoms with Gasteiger partial charge in [-0.3, -0.25) is 0 Å². The summed E-state index contributed by atoms with van der Waals surface area (Å²) in [5.41, 5.74) is 1.47. The molecule has 0 saturated carbocycles. The Kier molecular flexibility index (Phi) is 4.75. The van der Waals surface area contributed by atoms with E-state index < -0.39 is 0 Å². The lowest BCUT2D eigenvalue weighted by atomic mass is 10.2. The number of hydrogen-bond donors (Lipinski definition) is 3. The van der Waals surface area contributed by atoms with Crippen molar-refractivity contribution in [2.45, 2.75) is 0 Å². The third-order valence-electron chi connectivity index (χ3n) is 1.80. The predicted molar refractivity (Wildman–Crippen MR) is 67.6 cm³/mol. The number of aromatic nitrogens is 1. The van der Waals surface area contributed by atoms with Crippen LogP contribution in [0, 0.1) is 0 Å². The highest BCUT2D eigenvalue weighted by atomic mass is 32.1. The summed E-state index contributed by atoms with van der Waals surface area (Å²) in [6.07, 6.45) is 4.41. The second-order valence-electron chi connectivity index (χ2n) is 2.96. The number of aliphatic hydroxyl groups excluding tert-OH is 2.